The minimum Gasteiger partial charge on any atom is -0.360 e. The molecule has 0 aromatic heterocycles. The van der Waals surface area contributed by atoms with Gasteiger partial charge in [-0.1, -0.05) is 37.3 Å². The van der Waals surface area contributed by atoms with Gasteiger partial charge in [0, 0.05) is 14.2 Å². The molecule has 3 heteroatoms. The highest BCUT2D eigenvalue weighted by molar-refractivity contribution is 6.38. The summed E-state index contributed by atoms with van der Waals surface area (Å²) < 4.78 is 10.5. The molecule has 0 spiro atoms. The number of hydrogen-bond donors (Lipinski definition) is 0. The van der Waals surface area contributed by atoms with Gasteiger partial charge in [0.1, 0.15) is 5.91 Å². The molecule has 0 aliphatic heterocycles. The van der Waals surface area contributed by atoms with Crippen molar-refractivity contribution in [1.82, 2.24) is 0 Å². The van der Waals surface area contributed by atoms with E-state index in [-0.39, 0.29) is 5.91 Å². The third-order valence-electron chi connectivity index (χ3n) is 2.44. The molecule has 0 aliphatic rings. The van der Waals surface area contributed by atoms with Crippen molar-refractivity contribution < 1.29 is 9.47 Å². The van der Waals surface area contributed by atoms with Crippen LogP contribution in [0, 0.1) is 0 Å². The molecule has 2 nitrogen and oxygen atoms in total. The van der Waals surface area contributed by atoms with Crippen LogP contribution >= 0.6 is 0 Å². The second kappa shape index (κ2) is 5.96. The Morgan fingerprint density at radius 1 is 1.07 bits per heavy atom. The molecule has 78 valence electrons. The molecule has 0 heterocycles. The van der Waals surface area contributed by atoms with Gasteiger partial charge < -0.3 is 9.47 Å². The third-order valence-corrected chi connectivity index (χ3v) is 4.67. The van der Waals surface area contributed by atoms with E-state index < -0.39 is 9.52 Å². The minimum absolute atomic E-state index is 0.0326. The first-order valence-electron chi connectivity index (χ1n) is 4.88. The first-order valence-corrected chi connectivity index (χ1v) is 6.51. The van der Waals surface area contributed by atoms with Gasteiger partial charge in [-0.3, -0.25) is 0 Å². The van der Waals surface area contributed by atoms with Gasteiger partial charge in [0.25, 0.3) is 0 Å². The molecule has 0 bridgehead atoms. The molecule has 1 aromatic carbocycles. The van der Waals surface area contributed by atoms with Crippen LogP contribution in [0.1, 0.15) is 18.0 Å². The number of ether oxygens (including phenoxy) is 2. The summed E-state index contributed by atoms with van der Waals surface area (Å²) in [5, 5.41) is 0. The largest absolute Gasteiger partial charge is 0.360 e. The Kier molecular flexibility index (Phi) is 4.86. The van der Waals surface area contributed by atoms with Crippen molar-refractivity contribution in [1.29, 1.82) is 0 Å². The lowest BCUT2D eigenvalue weighted by Crippen LogP contribution is -2.25. The summed E-state index contributed by atoms with van der Waals surface area (Å²) in [6.45, 7) is 2.24. The molecule has 0 saturated heterocycles. The normalized spacial score (nSPS) is 14.0. The zero-order valence-corrected chi connectivity index (χ0v) is 10.5. The van der Waals surface area contributed by atoms with Crippen LogP contribution in [0.25, 0.3) is 0 Å². The zero-order valence-electron chi connectivity index (χ0n) is 9.07. The number of rotatable bonds is 5. The van der Waals surface area contributed by atoms with Crippen LogP contribution in [0.3, 0.4) is 0 Å². The Labute approximate surface area is 88.1 Å². The first-order chi connectivity index (χ1) is 6.77. The Morgan fingerprint density at radius 2 is 1.64 bits per heavy atom. The number of hydrogen-bond acceptors (Lipinski definition) is 2. The average molecular weight is 210 g/mol. The monoisotopic (exact) mass is 210 g/mol. The molecule has 1 unspecified atom stereocenters. The van der Waals surface area contributed by atoms with E-state index in [0.29, 0.717) is 5.54 Å². The molecule has 0 amide bonds. The third kappa shape index (κ3) is 3.25. The van der Waals surface area contributed by atoms with E-state index >= 15 is 0 Å². The van der Waals surface area contributed by atoms with Crippen LogP contribution in [-0.4, -0.2) is 29.7 Å². The number of methoxy groups -OCH3 is 2. The molecule has 1 atom stereocenters. The minimum atomic E-state index is -0.393. The van der Waals surface area contributed by atoms with Gasteiger partial charge in [0.05, 0.1) is 9.52 Å². The van der Waals surface area contributed by atoms with Crippen molar-refractivity contribution in [3.63, 3.8) is 0 Å². The highest BCUT2D eigenvalue weighted by Crippen LogP contribution is 2.14. The number of benzene rings is 1. The van der Waals surface area contributed by atoms with Crippen molar-refractivity contribution in [2.24, 2.45) is 0 Å². The Bertz CT molecular complexity index is 247. The van der Waals surface area contributed by atoms with Gasteiger partial charge in [-0.2, -0.15) is 0 Å². The smallest absolute Gasteiger partial charge is 0.134 e. The Morgan fingerprint density at radius 3 is 2.14 bits per heavy atom. The Hall–Kier alpha value is -0.643. The molecule has 0 fully saturated rings. The summed E-state index contributed by atoms with van der Waals surface area (Å²) in [4.78, 5) is 0. The quantitative estimate of drug-likeness (QED) is 0.541. The summed E-state index contributed by atoms with van der Waals surface area (Å²) in [7, 11) is 3.02. The maximum Gasteiger partial charge on any atom is 0.134 e. The van der Waals surface area contributed by atoms with E-state index in [1.165, 1.54) is 5.56 Å². The zero-order chi connectivity index (χ0) is 10.4. The summed E-state index contributed by atoms with van der Waals surface area (Å²) >= 11 is 0. The van der Waals surface area contributed by atoms with Crippen LogP contribution in [-0.2, 0) is 9.47 Å². The summed E-state index contributed by atoms with van der Waals surface area (Å²) in [5.74, 6) is 0.0326. The summed E-state index contributed by atoms with van der Waals surface area (Å²) in [6, 6.07) is 10.5. The van der Waals surface area contributed by atoms with Crippen LogP contribution < -0.4 is 0 Å². The predicted molar refractivity (Wildman–Crippen MR) is 61.2 cm³/mol. The SMILES string of the molecule is COC(OC)[SiH2]C(C)c1ccccc1. The van der Waals surface area contributed by atoms with Gasteiger partial charge >= 0.3 is 0 Å². The highest BCUT2D eigenvalue weighted by atomic mass is 28.2. The molecule has 0 saturated carbocycles. The van der Waals surface area contributed by atoms with Crippen molar-refractivity contribution >= 4 is 9.52 Å². The van der Waals surface area contributed by atoms with E-state index in [2.05, 4.69) is 31.2 Å². The van der Waals surface area contributed by atoms with Crippen LogP contribution in [0.4, 0.5) is 0 Å². The van der Waals surface area contributed by atoms with Crippen LogP contribution in [0.5, 0.6) is 0 Å². The van der Waals surface area contributed by atoms with Crippen molar-refractivity contribution in [2.75, 3.05) is 14.2 Å². The first kappa shape index (κ1) is 11.4. The van der Waals surface area contributed by atoms with Crippen LogP contribution in [0.2, 0.25) is 0 Å². The molecule has 0 aliphatic carbocycles. The molecular weight excluding hydrogens is 192 g/mol. The lowest BCUT2D eigenvalue weighted by molar-refractivity contribution is -0.0447. The average Bonchev–Trinajstić information content (AvgIpc) is 2.26. The van der Waals surface area contributed by atoms with Crippen LogP contribution in [0.15, 0.2) is 30.3 Å². The lowest BCUT2D eigenvalue weighted by atomic mass is 10.2. The molecule has 0 radical (unpaired) electrons. The van der Waals surface area contributed by atoms with E-state index in [0.717, 1.165) is 0 Å². The standard InChI is InChI=1S/C11H18O2Si/c1-9(14-11(12-2)13-3)10-7-5-4-6-8-10/h4-9,11H,14H2,1-3H3. The van der Waals surface area contributed by atoms with Crippen molar-refractivity contribution in [2.45, 2.75) is 18.4 Å². The topological polar surface area (TPSA) is 18.5 Å². The van der Waals surface area contributed by atoms with E-state index in [9.17, 15) is 0 Å². The summed E-state index contributed by atoms with van der Waals surface area (Å²) in [5.41, 5.74) is 1.99. The molecule has 1 aromatic rings. The molecular formula is C11H18O2Si. The maximum atomic E-state index is 5.23. The van der Waals surface area contributed by atoms with Gasteiger partial charge in [-0.05, 0) is 11.1 Å². The molecule has 14 heavy (non-hydrogen) atoms. The second-order valence-electron chi connectivity index (χ2n) is 3.45. The van der Waals surface area contributed by atoms with E-state index in [4.69, 9.17) is 9.47 Å². The van der Waals surface area contributed by atoms with Gasteiger partial charge in [0.2, 0.25) is 0 Å². The summed E-state index contributed by atoms with van der Waals surface area (Å²) in [6.07, 6.45) is 0. The maximum absolute atomic E-state index is 5.23. The van der Waals surface area contributed by atoms with E-state index in [1.807, 2.05) is 6.07 Å². The van der Waals surface area contributed by atoms with Gasteiger partial charge in [-0.25, -0.2) is 0 Å². The highest BCUT2D eigenvalue weighted by Gasteiger charge is 2.13. The van der Waals surface area contributed by atoms with E-state index in [1.54, 1.807) is 14.2 Å². The van der Waals surface area contributed by atoms with Crippen molar-refractivity contribution in [3.05, 3.63) is 35.9 Å². The fraction of sp³-hybridized carbons (Fsp3) is 0.455. The fourth-order valence-corrected chi connectivity index (χ4v) is 3.00. The van der Waals surface area contributed by atoms with Gasteiger partial charge in [-0.15, -0.1) is 0 Å². The molecule has 0 N–H and O–H groups in total. The van der Waals surface area contributed by atoms with Crippen molar-refractivity contribution in [3.8, 4) is 0 Å². The van der Waals surface area contributed by atoms with Gasteiger partial charge in [0.15, 0.2) is 0 Å². The Balaban J connectivity index is 2.54. The lowest BCUT2D eigenvalue weighted by Gasteiger charge is -2.17. The second-order valence-corrected chi connectivity index (χ2v) is 5.81. The predicted octanol–water partition coefficient (Wildman–Crippen LogP) is 1.49. The fourth-order valence-electron chi connectivity index (χ4n) is 1.50. The molecule has 1 rings (SSSR count).